The Morgan fingerprint density at radius 3 is 1.62 bits per heavy atom. The molecule has 0 aliphatic heterocycles. The Hall–Kier alpha value is -1.06. The largest absolute Gasteiger partial charge is 0.465 e. The number of ether oxygens (including phenoxy) is 2. The number of esters is 2. The van der Waals surface area contributed by atoms with E-state index in [0.717, 1.165) is 51.4 Å². The first-order valence-corrected chi connectivity index (χ1v) is 10.8. The van der Waals surface area contributed by atoms with Crippen molar-refractivity contribution in [2.24, 2.45) is 29.6 Å². The van der Waals surface area contributed by atoms with E-state index in [2.05, 4.69) is 20.8 Å². The van der Waals surface area contributed by atoms with Crippen molar-refractivity contribution in [2.75, 3.05) is 13.2 Å². The Morgan fingerprint density at radius 2 is 1.23 bits per heavy atom. The summed E-state index contributed by atoms with van der Waals surface area (Å²) in [5.41, 5.74) is 0. The van der Waals surface area contributed by atoms with Gasteiger partial charge >= 0.3 is 11.9 Å². The van der Waals surface area contributed by atoms with Gasteiger partial charge in [0.2, 0.25) is 0 Å². The highest BCUT2D eigenvalue weighted by Crippen LogP contribution is 2.30. The molecule has 0 heterocycles. The molecule has 2 aliphatic rings. The summed E-state index contributed by atoms with van der Waals surface area (Å²) in [5.74, 6) is 1.86. The van der Waals surface area contributed by atoms with Gasteiger partial charge in [0.1, 0.15) is 0 Å². The predicted molar refractivity (Wildman–Crippen MR) is 103 cm³/mol. The molecule has 4 nitrogen and oxygen atoms in total. The van der Waals surface area contributed by atoms with Crippen molar-refractivity contribution in [1.29, 1.82) is 0 Å². The third-order valence-corrected chi connectivity index (χ3v) is 6.25. The van der Waals surface area contributed by atoms with Gasteiger partial charge in [-0.3, -0.25) is 9.59 Å². The van der Waals surface area contributed by atoms with Crippen molar-refractivity contribution in [2.45, 2.75) is 85.0 Å². The quantitative estimate of drug-likeness (QED) is 0.558. The zero-order valence-corrected chi connectivity index (χ0v) is 17.0. The van der Waals surface area contributed by atoms with Gasteiger partial charge in [-0.25, -0.2) is 0 Å². The summed E-state index contributed by atoms with van der Waals surface area (Å²) in [6.07, 6.45) is 10.3. The minimum absolute atomic E-state index is 0.0124. The summed E-state index contributed by atoms with van der Waals surface area (Å²) in [5, 5.41) is 0. The highest BCUT2D eigenvalue weighted by molar-refractivity contribution is 5.72. The minimum Gasteiger partial charge on any atom is -0.465 e. The van der Waals surface area contributed by atoms with Crippen molar-refractivity contribution < 1.29 is 19.1 Å². The Kier molecular flexibility index (Phi) is 8.94. The molecule has 0 radical (unpaired) electrons. The highest BCUT2D eigenvalue weighted by atomic mass is 16.5. The molecule has 0 aromatic rings. The number of rotatable bonds is 8. The molecular formula is C22H38O4. The van der Waals surface area contributed by atoms with Gasteiger partial charge in [-0.2, -0.15) is 0 Å². The van der Waals surface area contributed by atoms with E-state index in [1.165, 1.54) is 12.8 Å². The van der Waals surface area contributed by atoms with E-state index in [0.29, 0.717) is 31.0 Å². The van der Waals surface area contributed by atoms with E-state index in [1.54, 1.807) is 0 Å². The Bertz CT molecular complexity index is 407. The van der Waals surface area contributed by atoms with Gasteiger partial charge in [-0.15, -0.1) is 0 Å². The van der Waals surface area contributed by atoms with Crippen LogP contribution in [0.2, 0.25) is 0 Å². The molecule has 0 spiro atoms. The maximum atomic E-state index is 12.1. The van der Waals surface area contributed by atoms with Crippen LogP contribution in [0.3, 0.4) is 0 Å². The summed E-state index contributed by atoms with van der Waals surface area (Å²) >= 11 is 0. The third-order valence-electron chi connectivity index (χ3n) is 6.25. The molecule has 0 amide bonds. The van der Waals surface area contributed by atoms with E-state index in [9.17, 15) is 9.59 Å². The third kappa shape index (κ3) is 7.28. The van der Waals surface area contributed by atoms with Gasteiger partial charge in [0.25, 0.3) is 0 Å². The molecule has 2 rings (SSSR count). The second-order valence-corrected chi connectivity index (χ2v) is 8.95. The topological polar surface area (TPSA) is 52.6 Å². The Labute approximate surface area is 159 Å². The smallest absolute Gasteiger partial charge is 0.308 e. The van der Waals surface area contributed by atoms with Crippen molar-refractivity contribution in [3.63, 3.8) is 0 Å². The first-order valence-electron chi connectivity index (χ1n) is 10.8. The summed E-state index contributed by atoms with van der Waals surface area (Å²) in [6, 6.07) is 0. The first-order chi connectivity index (χ1) is 12.5. The summed E-state index contributed by atoms with van der Waals surface area (Å²) < 4.78 is 11.0. The van der Waals surface area contributed by atoms with Gasteiger partial charge in [0.05, 0.1) is 25.0 Å². The van der Waals surface area contributed by atoms with Crippen LogP contribution in [0.4, 0.5) is 0 Å². The maximum Gasteiger partial charge on any atom is 0.308 e. The fourth-order valence-corrected chi connectivity index (χ4v) is 4.40. The van der Waals surface area contributed by atoms with Gasteiger partial charge < -0.3 is 9.47 Å². The van der Waals surface area contributed by atoms with Crippen molar-refractivity contribution in [3.8, 4) is 0 Å². The number of hydrogen-bond donors (Lipinski definition) is 0. The van der Waals surface area contributed by atoms with Crippen LogP contribution in [0, 0.1) is 29.6 Å². The van der Waals surface area contributed by atoms with Crippen molar-refractivity contribution in [1.82, 2.24) is 0 Å². The normalized spacial score (nSPS) is 30.4. The average molecular weight is 367 g/mol. The number of carbonyl (C=O) groups is 2. The Balaban J connectivity index is 1.54. The van der Waals surface area contributed by atoms with E-state index in [-0.39, 0.29) is 23.8 Å². The molecule has 2 aliphatic carbocycles. The minimum atomic E-state index is -0.0124. The maximum absolute atomic E-state index is 12.1. The molecule has 0 aromatic carbocycles. The molecule has 0 aromatic heterocycles. The fraction of sp³-hybridized carbons (Fsp3) is 0.909. The molecule has 0 bridgehead atoms. The van der Waals surface area contributed by atoms with Gasteiger partial charge in [0, 0.05) is 0 Å². The fourth-order valence-electron chi connectivity index (χ4n) is 4.40. The summed E-state index contributed by atoms with van der Waals surface area (Å²) in [6.45, 7) is 7.54. The van der Waals surface area contributed by atoms with Crippen LogP contribution < -0.4 is 0 Å². The number of carbonyl (C=O) groups excluding carboxylic acids is 2. The SMILES string of the molecule is CC(CCOC(=O)C1CCCC(C)C1)CCOC(=O)C1CCCC(C)C1. The average Bonchev–Trinajstić information content (AvgIpc) is 2.61. The van der Waals surface area contributed by atoms with E-state index >= 15 is 0 Å². The van der Waals surface area contributed by atoms with Crippen LogP contribution in [0.25, 0.3) is 0 Å². The lowest BCUT2D eigenvalue weighted by molar-refractivity contribution is -0.150. The predicted octanol–water partition coefficient (Wildman–Crippen LogP) is 5.14. The lowest BCUT2D eigenvalue weighted by Crippen LogP contribution is -2.25. The van der Waals surface area contributed by atoms with Gasteiger partial charge in [0.15, 0.2) is 0 Å². The van der Waals surface area contributed by atoms with Crippen LogP contribution in [0.1, 0.15) is 85.0 Å². The number of hydrogen-bond acceptors (Lipinski definition) is 4. The molecule has 150 valence electrons. The molecule has 0 saturated heterocycles. The monoisotopic (exact) mass is 366 g/mol. The highest BCUT2D eigenvalue weighted by Gasteiger charge is 2.27. The van der Waals surface area contributed by atoms with Crippen LogP contribution in [-0.4, -0.2) is 25.2 Å². The lowest BCUT2D eigenvalue weighted by Gasteiger charge is -2.25. The lowest BCUT2D eigenvalue weighted by atomic mass is 9.82. The summed E-state index contributed by atoms with van der Waals surface area (Å²) in [4.78, 5) is 24.3. The second kappa shape index (κ2) is 10.9. The molecule has 0 N–H and O–H groups in total. The van der Waals surface area contributed by atoms with Gasteiger partial charge in [-0.05, 0) is 56.3 Å². The standard InChI is InChI=1S/C22H38O4/c1-16(10-12-25-21(23)19-8-4-6-17(2)14-19)11-13-26-22(24)20-9-5-7-18(3)15-20/h16-20H,4-15H2,1-3H3. The van der Waals surface area contributed by atoms with E-state index in [4.69, 9.17) is 9.47 Å². The molecule has 26 heavy (non-hydrogen) atoms. The molecule has 4 atom stereocenters. The zero-order valence-electron chi connectivity index (χ0n) is 17.0. The van der Waals surface area contributed by atoms with Crippen molar-refractivity contribution >= 4 is 11.9 Å². The van der Waals surface area contributed by atoms with Crippen LogP contribution >= 0.6 is 0 Å². The molecule has 4 heteroatoms. The van der Waals surface area contributed by atoms with Crippen LogP contribution in [-0.2, 0) is 19.1 Å². The van der Waals surface area contributed by atoms with Crippen molar-refractivity contribution in [3.05, 3.63) is 0 Å². The van der Waals surface area contributed by atoms with Gasteiger partial charge in [-0.1, -0.05) is 46.5 Å². The Morgan fingerprint density at radius 1 is 0.808 bits per heavy atom. The first kappa shape index (κ1) is 21.2. The molecule has 4 unspecified atom stereocenters. The molecular weight excluding hydrogens is 328 g/mol. The van der Waals surface area contributed by atoms with E-state index < -0.39 is 0 Å². The van der Waals surface area contributed by atoms with Crippen LogP contribution in [0.5, 0.6) is 0 Å². The zero-order chi connectivity index (χ0) is 18.9. The van der Waals surface area contributed by atoms with Crippen LogP contribution in [0.15, 0.2) is 0 Å². The summed E-state index contributed by atoms with van der Waals surface area (Å²) in [7, 11) is 0. The van der Waals surface area contributed by atoms with E-state index in [1.807, 2.05) is 0 Å². The molecule has 2 fully saturated rings. The second-order valence-electron chi connectivity index (χ2n) is 8.95. The molecule has 2 saturated carbocycles.